The van der Waals surface area contributed by atoms with E-state index in [0.29, 0.717) is 0 Å². The number of hydrogen-bond acceptors (Lipinski definition) is 1. The number of nitrogens with zero attached hydrogens (tertiary/aromatic N) is 1. The summed E-state index contributed by atoms with van der Waals surface area (Å²) in [4.78, 5) is 12.3. The summed E-state index contributed by atoms with van der Waals surface area (Å²) in [5, 5.41) is 11.1. The maximum atomic E-state index is 7.53. The topological polar surface area (TPSA) is 54.5 Å². The summed E-state index contributed by atoms with van der Waals surface area (Å²) in [6.45, 7) is 1.19. The number of hydrogen-bond donors (Lipinski definition) is 1. The monoisotopic (exact) mass is 508 g/mol. The van der Waals surface area contributed by atoms with Crippen LogP contribution in [-0.4, -0.2) is 20.9 Å². The van der Waals surface area contributed by atoms with Crippen LogP contribution in [0, 0.1) is 6.07 Å². The van der Waals surface area contributed by atoms with Crippen molar-refractivity contribution in [2.24, 2.45) is 0 Å². The molecule has 4 heteroatoms. The number of benzene rings is 3. The van der Waals surface area contributed by atoms with Crippen LogP contribution in [0.4, 0.5) is 0 Å². The number of aliphatic hydroxyl groups excluding tert-OH is 1. The largest absolute Gasteiger partial charge is 0.477 e. The van der Waals surface area contributed by atoms with Gasteiger partial charge in [0.2, 0.25) is 0 Å². The van der Waals surface area contributed by atoms with E-state index in [2.05, 4.69) is 54.6 Å². The van der Waals surface area contributed by atoms with E-state index in [1.165, 1.54) is 17.7 Å². The second kappa shape index (κ2) is 8.52. The van der Waals surface area contributed by atoms with Crippen LogP contribution in [0.2, 0.25) is 0 Å². The van der Waals surface area contributed by atoms with E-state index in [0.717, 1.165) is 22.2 Å². The molecule has 0 aliphatic heterocycles. The molecule has 0 amide bonds. The molecule has 0 fully saturated rings. The summed E-state index contributed by atoms with van der Waals surface area (Å²) in [6, 6.07) is 28.1. The number of carboxylic acid groups (broad SMARTS) is 1. The fourth-order valence-corrected chi connectivity index (χ4v) is 2.58. The van der Waals surface area contributed by atoms with Gasteiger partial charge in [0.05, 0.1) is 12.4 Å². The second-order valence-electron chi connectivity index (χ2n) is 5.38. The molecule has 25 heavy (non-hydrogen) atoms. The summed E-state index contributed by atoms with van der Waals surface area (Å²) < 4.78 is 0. The van der Waals surface area contributed by atoms with Crippen LogP contribution in [0.5, 0.6) is 0 Å². The van der Waals surface area contributed by atoms with Gasteiger partial charge in [-0.3, -0.25) is 4.98 Å². The van der Waals surface area contributed by atoms with Crippen LogP contribution in [-0.2, 0) is 20.1 Å². The molecule has 0 unspecified atom stereocenters. The molecular formula is C21H17IrNO2. The zero-order valence-electron chi connectivity index (χ0n) is 13.6. The van der Waals surface area contributed by atoms with Crippen molar-refractivity contribution in [2.45, 2.75) is 6.92 Å². The van der Waals surface area contributed by atoms with Crippen molar-refractivity contribution in [3.8, 4) is 11.3 Å². The number of carboxylic acids is 1. The van der Waals surface area contributed by atoms with Gasteiger partial charge < -0.3 is 9.90 Å². The SMILES string of the molecule is CC(O)=[OH+].[Ir].[c-]1ccc2ccccc2c1-c1ccc2ccccc2n1. The molecule has 0 spiro atoms. The summed E-state index contributed by atoms with van der Waals surface area (Å²) in [5.74, 6) is -0.583. The molecule has 2 N–H and O–H groups in total. The van der Waals surface area contributed by atoms with Crippen LogP contribution in [0.3, 0.4) is 0 Å². The molecule has 4 rings (SSSR count). The van der Waals surface area contributed by atoms with Crippen molar-refractivity contribution >= 4 is 27.6 Å². The second-order valence-corrected chi connectivity index (χ2v) is 5.38. The predicted molar refractivity (Wildman–Crippen MR) is 98.8 cm³/mol. The molecule has 1 heterocycles. The molecule has 3 nitrogen and oxygen atoms in total. The van der Waals surface area contributed by atoms with Gasteiger partial charge in [-0.1, -0.05) is 60.0 Å². The van der Waals surface area contributed by atoms with Crippen molar-refractivity contribution in [3.63, 3.8) is 0 Å². The van der Waals surface area contributed by atoms with Crippen molar-refractivity contribution < 1.29 is 30.0 Å². The summed E-state index contributed by atoms with van der Waals surface area (Å²) in [5.41, 5.74) is 3.06. The summed E-state index contributed by atoms with van der Waals surface area (Å²) >= 11 is 0. The first-order valence-corrected chi connectivity index (χ1v) is 7.62. The van der Waals surface area contributed by atoms with E-state index in [4.69, 9.17) is 14.9 Å². The van der Waals surface area contributed by atoms with Gasteiger partial charge in [0.1, 0.15) is 0 Å². The zero-order valence-corrected chi connectivity index (χ0v) is 16.0. The molecule has 1 radical (unpaired) electrons. The minimum absolute atomic E-state index is 0. The number of para-hydroxylation sites is 1. The molecule has 0 aliphatic carbocycles. The number of pyridine rings is 1. The van der Waals surface area contributed by atoms with Crippen molar-refractivity contribution in [1.29, 1.82) is 0 Å². The van der Waals surface area contributed by atoms with E-state index in [-0.39, 0.29) is 20.1 Å². The molecule has 4 aromatic rings. The third kappa shape index (κ3) is 4.50. The smallest absolute Gasteiger partial charge is 0.339 e. The number of rotatable bonds is 1. The van der Waals surface area contributed by atoms with Crippen LogP contribution in [0.15, 0.2) is 72.8 Å². The fourth-order valence-electron chi connectivity index (χ4n) is 2.58. The average Bonchev–Trinajstić information content (AvgIpc) is 2.60. The first-order valence-electron chi connectivity index (χ1n) is 7.62. The van der Waals surface area contributed by atoms with Gasteiger partial charge in [0, 0.05) is 20.1 Å². The predicted octanol–water partition coefficient (Wildman–Crippen LogP) is 4.92. The zero-order chi connectivity index (χ0) is 16.9. The first kappa shape index (κ1) is 18.8. The Bertz CT molecular complexity index is 1010. The van der Waals surface area contributed by atoms with E-state index in [1.807, 2.05) is 24.3 Å². The first-order chi connectivity index (χ1) is 11.6. The van der Waals surface area contributed by atoms with E-state index < -0.39 is 5.97 Å². The van der Waals surface area contributed by atoms with Crippen LogP contribution >= 0.6 is 0 Å². The summed E-state index contributed by atoms with van der Waals surface area (Å²) in [6.07, 6.45) is 0. The maximum absolute atomic E-state index is 7.53. The Balaban J connectivity index is 0.000000411. The minimum Gasteiger partial charge on any atom is -0.339 e. The van der Waals surface area contributed by atoms with E-state index in [9.17, 15) is 0 Å². The normalized spacial score (nSPS) is 9.80. The Labute approximate surface area is 159 Å². The van der Waals surface area contributed by atoms with Gasteiger partial charge in [0.15, 0.2) is 0 Å². The van der Waals surface area contributed by atoms with Gasteiger partial charge in [-0.2, -0.15) is 0 Å². The van der Waals surface area contributed by atoms with Gasteiger partial charge in [-0.15, -0.1) is 29.1 Å². The fraction of sp³-hybridized carbons (Fsp3) is 0.0476. The Morgan fingerprint density at radius 3 is 2.32 bits per heavy atom. The standard InChI is InChI=1S/C19H12N.C2H4O2.Ir/c1-3-9-16-14(6-1)8-5-10-17(16)19-13-12-15-7-2-4-11-18(15)20-19;1-2(3)4;/h1-9,11-13H;1H3,(H,3,4);/q-1;;/p+1. The van der Waals surface area contributed by atoms with Crippen molar-refractivity contribution in [3.05, 3.63) is 78.9 Å². The molecule has 3 aromatic carbocycles. The third-order valence-corrected chi connectivity index (χ3v) is 3.58. The molecule has 0 atom stereocenters. The minimum atomic E-state index is -0.583. The Hall–Kier alpha value is -2.55. The molecular weight excluding hydrogens is 490 g/mol. The van der Waals surface area contributed by atoms with Gasteiger partial charge >= 0.3 is 5.97 Å². The molecule has 0 saturated heterocycles. The molecule has 0 aliphatic rings. The third-order valence-electron chi connectivity index (χ3n) is 3.58. The average molecular weight is 508 g/mol. The molecule has 0 saturated carbocycles. The van der Waals surface area contributed by atoms with E-state index >= 15 is 0 Å². The molecule has 1 aromatic heterocycles. The number of aliphatic carboxylic acids is 1. The molecule has 127 valence electrons. The van der Waals surface area contributed by atoms with Gasteiger partial charge in [0.25, 0.3) is 0 Å². The Morgan fingerprint density at radius 2 is 1.56 bits per heavy atom. The van der Waals surface area contributed by atoms with Gasteiger partial charge in [-0.25, -0.2) is 0 Å². The Kier molecular flexibility index (Phi) is 6.40. The van der Waals surface area contributed by atoms with Crippen molar-refractivity contribution in [1.82, 2.24) is 4.98 Å². The Morgan fingerprint density at radius 1 is 0.920 bits per heavy atom. The van der Waals surface area contributed by atoms with Crippen LogP contribution in [0.25, 0.3) is 32.9 Å². The van der Waals surface area contributed by atoms with Crippen LogP contribution in [0.1, 0.15) is 6.92 Å². The molecule has 0 bridgehead atoms. The summed E-state index contributed by atoms with van der Waals surface area (Å²) in [7, 11) is 0. The van der Waals surface area contributed by atoms with Crippen LogP contribution < -0.4 is 0 Å². The number of fused-ring (bicyclic) bond motifs is 2. The van der Waals surface area contributed by atoms with Crippen molar-refractivity contribution in [2.75, 3.05) is 0 Å². The van der Waals surface area contributed by atoms with Gasteiger partial charge in [-0.05, 0) is 17.1 Å². The quantitative estimate of drug-likeness (QED) is 0.294. The number of aromatic nitrogens is 1. The maximum Gasteiger partial charge on any atom is 0.477 e. The van der Waals surface area contributed by atoms with E-state index in [1.54, 1.807) is 0 Å².